The molecule has 1 saturated carbocycles. The van der Waals surface area contributed by atoms with Gasteiger partial charge in [-0.05, 0) is 18.8 Å². The normalized spacial score (nSPS) is 16.6. The van der Waals surface area contributed by atoms with Crippen LogP contribution in [0.1, 0.15) is 44.9 Å². The molecular formula is C14H21N3O3. The van der Waals surface area contributed by atoms with Gasteiger partial charge in [-0.2, -0.15) is 5.10 Å². The molecule has 2 rings (SSSR count). The fourth-order valence-electron chi connectivity index (χ4n) is 2.70. The number of carbonyl (C=O) groups is 2. The summed E-state index contributed by atoms with van der Waals surface area (Å²) in [5.41, 5.74) is 0.560. The molecule has 0 spiro atoms. The molecule has 0 atom stereocenters. The summed E-state index contributed by atoms with van der Waals surface area (Å²) >= 11 is 0. The van der Waals surface area contributed by atoms with E-state index in [0.29, 0.717) is 18.0 Å². The lowest BCUT2D eigenvalue weighted by Crippen LogP contribution is -2.16. The molecule has 0 saturated heterocycles. The molecule has 0 unspecified atom stereocenters. The summed E-state index contributed by atoms with van der Waals surface area (Å²) in [6.07, 6.45) is 10.8. The second-order valence-electron chi connectivity index (χ2n) is 5.43. The third-order valence-corrected chi connectivity index (χ3v) is 3.66. The van der Waals surface area contributed by atoms with E-state index in [1.54, 1.807) is 6.20 Å². The van der Waals surface area contributed by atoms with Crippen LogP contribution >= 0.6 is 0 Å². The predicted molar refractivity (Wildman–Crippen MR) is 74.3 cm³/mol. The van der Waals surface area contributed by atoms with E-state index in [1.165, 1.54) is 36.6 Å². The molecule has 1 aromatic rings. The van der Waals surface area contributed by atoms with Gasteiger partial charge in [0.05, 0.1) is 11.9 Å². The van der Waals surface area contributed by atoms with Gasteiger partial charge in [0.25, 0.3) is 0 Å². The Hall–Kier alpha value is -1.85. The molecule has 1 aromatic heterocycles. The van der Waals surface area contributed by atoms with Gasteiger partial charge >= 0.3 is 5.97 Å². The van der Waals surface area contributed by atoms with Crippen molar-refractivity contribution in [2.45, 2.75) is 51.5 Å². The van der Waals surface area contributed by atoms with Crippen LogP contribution in [0, 0.1) is 5.92 Å². The van der Waals surface area contributed by atoms with Crippen molar-refractivity contribution in [3.05, 3.63) is 12.4 Å². The molecule has 0 aliphatic heterocycles. The van der Waals surface area contributed by atoms with Crippen molar-refractivity contribution in [2.24, 2.45) is 5.92 Å². The van der Waals surface area contributed by atoms with Gasteiger partial charge in [-0.3, -0.25) is 14.3 Å². The number of carboxylic acids is 1. The van der Waals surface area contributed by atoms with Crippen LogP contribution in [0.3, 0.4) is 0 Å². The maximum atomic E-state index is 12.0. The first kappa shape index (κ1) is 14.6. The summed E-state index contributed by atoms with van der Waals surface area (Å²) in [6.45, 7) is -0.196. The van der Waals surface area contributed by atoms with Gasteiger partial charge in [0.1, 0.15) is 6.54 Å². The summed E-state index contributed by atoms with van der Waals surface area (Å²) in [7, 11) is 0. The Balaban J connectivity index is 1.81. The molecule has 6 nitrogen and oxygen atoms in total. The van der Waals surface area contributed by atoms with Crippen molar-refractivity contribution in [2.75, 3.05) is 5.32 Å². The van der Waals surface area contributed by atoms with E-state index in [2.05, 4.69) is 10.4 Å². The molecule has 6 heteroatoms. The molecule has 1 aliphatic rings. The number of hydrogen-bond donors (Lipinski definition) is 2. The van der Waals surface area contributed by atoms with Crippen molar-refractivity contribution in [1.29, 1.82) is 0 Å². The summed E-state index contributed by atoms with van der Waals surface area (Å²) in [5, 5.41) is 15.3. The number of anilines is 1. The number of hydrogen-bond acceptors (Lipinski definition) is 3. The Morgan fingerprint density at radius 3 is 2.65 bits per heavy atom. The second-order valence-corrected chi connectivity index (χ2v) is 5.43. The van der Waals surface area contributed by atoms with Crippen LogP contribution in [0.5, 0.6) is 0 Å². The number of carboxylic acid groups (broad SMARTS) is 1. The lowest BCUT2D eigenvalue weighted by atomic mass is 9.96. The minimum atomic E-state index is -0.954. The number of rotatable bonds is 5. The Morgan fingerprint density at radius 1 is 1.30 bits per heavy atom. The van der Waals surface area contributed by atoms with Crippen molar-refractivity contribution in [3.63, 3.8) is 0 Å². The van der Waals surface area contributed by atoms with E-state index < -0.39 is 5.97 Å². The predicted octanol–water partition coefficient (Wildman–Crippen LogP) is 2.27. The summed E-state index contributed by atoms with van der Waals surface area (Å²) in [6, 6.07) is 0. The Kier molecular flexibility index (Phi) is 5.15. The van der Waals surface area contributed by atoms with Crippen LogP contribution in [0.25, 0.3) is 0 Å². The highest BCUT2D eigenvalue weighted by Gasteiger charge is 2.16. The fourth-order valence-corrected chi connectivity index (χ4v) is 2.70. The molecule has 110 valence electrons. The quantitative estimate of drug-likeness (QED) is 0.810. The van der Waals surface area contributed by atoms with Crippen molar-refractivity contribution >= 4 is 17.6 Å². The highest BCUT2D eigenvalue weighted by molar-refractivity contribution is 5.90. The lowest BCUT2D eigenvalue weighted by molar-refractivity contribution is -0.137. The smallest absolute Gasteiger partial charge is 0.325 e. The Morgan fingerprint density at radius 2 is 2.00 bits per heavy atom. The van der Waals surface area contributed by atoms with E-state index in [-0.39, 0.29) is 12.5 Å². The number of carbonyl (C=O) groups excluding carboxylic acids is 1. The van der Waals surface area contributed by atoms with Gasteiger partial charge in [-0.25, -0.2) is 0 Å². The molecule has 0 aromatic carbocycles. The molecule has 2 N–H and O–H groups in total. The van der Waals surface area contributed by atoms with Crippen molar-refractivity contribution in [1.82, 2.24) is 9.78 Å². The van der Waals surface area contributed by atoms with E-state index in [1.807, 2.05) is 0 Å². The molecule has 0 bridgehead atoms. The zero-order valence-corrected chi connectivity index (χ0v) is 11.5. The van der Waals surface area contributed by atoms with E-state index >= 15 is 0 Å². The monoisotopic (exact) mass is 279 g/mol. The van der Waals surface area contributed by atoms with Gasteiger partial charge in [0.2, 0.25) is 5.91 Å². The lowest BCUT2D eigenvalue weighted by Gasteiger charge is -2.12. The summed E-state index contributed by atoms with van der Waals surface area (Å²) < 4.78 is 1.30. The third kappa shape index (κ3) is 4.68. The number of aromatic nitrogens is 2. The topological polar surface area (TPSA) is 84.2 Å². The second kappa shape index (κ2) is 7.07. The zero-order valence-electron chi connectivity index (χ0n) is 11.5. The first-order valence-electron chi connectivity index (χ1n) is 7.17. The minimum Gasteiger partial charge on any atom is -0.480 e. The minimum absolute atomic E-state index is 0.00762. The molecule has 1 heterocycles. The standard InChI is InChI=1S/C14H21N3O3/c18-13(7-11-5-3-1-2-4-6-11)16-12-8-15-17(9-12)10-14(19)20/h8-9,11H,1-7,10H2,(H,16,18)(H,19,20). The Labute approximate surface area is 118 Å². The van der Waals surface area contributed by atoms with Gasteiger partial charge in [-0.15, -0.1) is 0 Å². The molecule has 0 radical (unpaired) electrons. The maximum Gasteiger partial charge on any atom is 0.325 e. The van der Waals surface area contributed by atoms with E-state index in [4.69, 9.17) is 5.11 Å². The first-order chi connectivity index (χ1) is 9.63. The molecule has 20 heavy (non-hydrogen) atoms. The maximum absolute atomic E-state index is 12.0. The average Bonchev–Trinajstić information content (AvgIpc) is 2.63. The third-order valence-electron chi connectivity index (χ3n) is 3.66. The van der Waals surface area contributed by atoms with Crippen LogP contribution in [-0.2, 0) is 16.1 Å². The number of amides is 1. The van der Waals surface area contributed by atoms with Crippen LogP contribution in [-0.4, -0.2) is 26.8 Å². The van der Waals surface area contributed by atoms with E-state index in [9.17, 15) is 9.59 Å². The van der Waals surface area contributed by atoms with Gasteiger partial charge in [0.15, 0.2) is 0 Å². The van der Waals surface area contributed by atoms with Crippen molar-refractivity contribution in [3.8, 4) is 0 Å². The molecular weight excluding hydrogens is 258 g/mol. The van der Waals surface area contributed by atoms with Gasteiger partial charge in [-0.1, -0.05) is 25.7 Å². The first-order valence-corrected chi connectivity index (χ1v) is 7.17. The van der Waals surface area contributed by atoms with Crippen LogP contribution in [0.15, 0.2) is 12.4 Å². The van der Waals surface area contributed by atoms with E-state index in [0.717, 1.165) is 12.8 Å². The number of nitrogens with zero attached hydrogens (tertiary/aromatic N) is 2. The SMILES string of the molecule is O=C(O)Cn1cc(NC(=O)CC2CCCCCC2)cn1. The fraction of sp³-hybridized carbons (Fsp3) is 0.643. The van der Waals surface area contributed by atoms with Gasteiger partial charge < -0.3 is 10.4 Å². The van der Waals surface area contributed by atoms with Gasteiger partial charge in [0, 0.05) is 12.6 Å². The average molecular weight is 279 g/mol. The van der Waals surface area contributed by atoms with Crippen molar-refractivity contribution < 1.29 is 14.7 Å². The van der Waals surface area contributed by atoms with Crippen LogP contribution < -0.4 is 5.32 Å². The highest BCUT2D eigenvalue weighted by Crippen LogP contribution is 2.25. The molecule has 1 amide bonds. The van der Waals surface area contributed by atoms with Crippen LogP contribution in [0.4, 0.5) is 5.69 Å². The number of nitrogens with one attached hydrogen (secondary N) is 1. The molecule has 1 fully saturated rings. The number of aliphatic carboxylic acids is 1. The summed E-state index contributed by atoms with van der Waals surface area (Å²) in [4.78, 5) is 22.5. The highest BCUT2D eigenvalue weighted by atomic mass is 16.4. The van der Waals surface area contributed by atoms with Crippen LogP contribution in [0.2, 0.25) is 0 Å². The zero-order chi connectivity index (χ0) is 14.4. The largest absolute Gasteiger partial charge is 0.480 e. The molecule has 1 aliphatic carbocycles. The Bertz CT molecular complexity index is 462. The summed E-state index contributed by atoms with van der Waals surface area (Å²) in [5.74, 6) is -0.484.